The molecule has 144 valence electrons. The summed E-state index contributed by atoms with van der Waals surface area (Å²) >= 11 is 1.83. The van der Waals surface area contributed by atoms with Gasteiger partial charge in [-0.2, -0.15) is 4.57 Å². The maximum absolute atomic E-state index is 6.41. The fourth-order valence-corrected chi connectivity index (χ4v) is 5.51. The van der Waals surface area contributed by atoms with Crippen molar-refractivity contribution in [3.63, 3.8) is 0 Å². The van der Waals surface area contributed by atoms with E-state index < -0.39 is 0 Å². The van der Waals surface area contributed by atoms with Crippen LogP contribution in [0.2, 0.25) is 0 Å². The lowest BCUT2D eigenvalue weighted by Gasteiger charge is -2.04. The molecule has 0 fully saturated rings. The fraction of sp³-hybridized carbons (Fsp3) is 0.0741. The smallest absolute Gasteiger partial charge is 0.262 e. The van der Waals surface area contributed by atoms with E-state index in [-0.39, 0.29) is 0 Å². The topological polar surface area (TPSA) is 17.0 Å². The first-order valence-corrected chi connectivity index (χ1v) is 11.1. The number of hydrogen-bond acceptors (Lipinski definition) is 2. The summed E-state index contributed by atoms with van der Waals surface area (Å²) in [5.41, 5.74) is 4.52. The van der Waals surface area contributed by atoms with E-state index in [1.165, 1.54) is 31.6 Å². The highest BCUT2D eigenvalue weighted by Gasteiger charge is 2.21. The van der Waals surface area contributed by atoms with Gasteiger partial charge in [0.2, 0.25) is 5.52 Å². The Morgan fingerprint density at radius 3 is 2.53 bits per heavy atom. The van der Waals surface area contributed by atoms with Gasteiger partial charge in [-0.3, -0.25) is 0 Å². The first kappa shape index (κ1) is 17.4. The van der Waals surface area contributed by atoms with Crippen LogP contribution >= 0.6 is 11.3 Å². The van der Waals surface area contributed by atoms with E-state index in [1.807, 2.05) is 23.5 Å². The number of rotatable bonds is 3. The molecule has 1 aliphatic carbocycles. The average Bonchev–Trinajstić information content (AvgIpc) is 3.30. The maximum atomic E-state index is 6.41. The number of aryl methyl sites for hydroxylation is 1. The number of hydrogen-bond donors (Lipinski definition) is 0. The Labute approximate surface area is 178 Å². The normalized spacial score (nSPS) is 12.2. The van der Waals surface area contributed by atoms with E-state index in [1.54, 1.807) is 0 Å². The van der Waals surface area contributed by atoms with E-state index in [9.17, 15) is 0 Å². The predicted molar refractivity (Wildman–Crippen MR) is 127 cm³/mol. The number of nitrogens with zero attached hydrogens (tertiary/aromatic N) is 1. The monoisotopic (exact) mass is 406 g/mol. The molecule has 4 aromatic rings. The van der Waals surface area contributed by atoms with Crippen LogP contribution in [0, 0.1) is 0 Å². The number of aromatic nitrogens is 1. The van der Waals surface area contributed by atoms with Gasteiger partial charge in [0.15, 0.2) is 0 Å². The minimum absolute atomic E-state index is 0.917. The van der Waals surface area contributed by atoms with Crippen molar-refractivity contribution in [2.75, 3.05) is 0 Å². The summed E-state index contributed by atoms with van der Waals surface area (Å²) in [5.74, 6) is 0.954. The lowest BCUT2D eigenvalue weighted by molar-refractivity contribution is -0.665. The highest BCUT2D eigenvalue weighted by atomic mass is 32.1. The molecule has 0 atom stereocenters. The van der Waals surface area contributed by atoms with Gasteiger partial charge < -0.3 is 4.42 Å². The molecule has 6 rings (SSSR count). The van der Waals surface area contributed by atoms with Crippen LogP contribution in [0.4, 0.5) is 0 Å². The van der Waals surface area contributed by atoms with E-state index >= 15 is 0 Å². The van der Waals surface area contributed by atoms with Crippen LogP contribution in [0.25, 0.3) is 55.4 Å². The molecule has 1 aliphatic heterocycles. The molecule has 1 aromatic heterocycles. The highest BCUT2D eigenvalue weighted by Crippen LogP contribution is 2.42. The summed E-state index contributed by atoms with van der Waals surface area (Å²) in [6.07, 6.45) is 4.46. The van der Waals surface area contributed by atoms with Crippen molar-refractivity contribution >= 4 is 55.4 Å². The zero-order valence-corrected chi connectivity index (χ0v) is 17.4. The summed E-state index contributed by atoms with van der Waals surface area (Å²) in [4.78, 5) is 0. The first-order valence-electron chi connectivity index (χ1n) is 10.3. The van der Waals surface area contributed by atoms with Crippen LogP contribution in [0.5, 0.6) is 0 Å². The molecule has 3 heteroatoms. The van der Waals surface area contributed by atoms with Gasteiger partial charge in [-0.05, 0) is 42.0 Å². The second-order valence-electron chi connectivity index (χ2n) is 7.47. The Morgan fingerprint density at radius 2 is 1.63 bits per heavy atom. The molecule has 0 saturated carbocycles. The standard InChI is InChI=1S/C27H20NOS/c1-2-28-23-12-6-8-14-25(23)30-26(28)16-15-21-19-10-4-5-11-20(19)22-17-18-9-3-7-13-24(18)29-27(21)22/h3-17H,2H2,1H3/q+1/b16-15+. The van der Waals surface area contributed by atoms with Crippen LogP contribution in [-0.2, 0) is 6.54 Å². The molecule has 2 aliphatic rings. The molecular formula is C27H20NOS+. The summed E-state index contributed by atoms with van der Waals surface area (Å²) in [6.45, 7) is 3.15. The van der Waals surface area contributed by atoms with Crippen molar-refractivity contribution in [1.29, 1.82) is 0 Å². The van der Waals surface area contributed by atoms with Gasteiger partial charge in [-0.15, -0.1) is 0 Å². The molecule has 0 saturated heterocycles. The molecule has 0 spiro atoms. The van der Waals surface area contributed by atoms with Crippen molar-refractivity contribution in [2.45, 2.75) is 13.5 Å². The van der Waals surface area contributed by atoms with Crippen LogP contribution in [-0.4, -0.2) is 0 Å². The molecule has 2 nitrogen and oxygen atoms in total. The van der Waals surface area contributed by atoms with Crippen LogP contribution in [0.1, 0.15) is 17.5 Å². The summed E-state index contributed by atoms with van der Waals surface area (Å²) in [7, 11) is 0. The van der Waals surface area contributed by atoms with E-state index in [0.717, 1.165) is 28.8 Å². The van der Waals surface area contributed by atoms with Crippen molar-refractivity contribution in [1.82, 2.24) is 0 Å². The van der Waals surface area contributed by atoms with Gasteiger partial charge in [0, 0.05) is 28.7 Å². The quantitative estimate of drug-likeness (QED) is 0.280. The van der Waals surface area contributed by atoms with E-state index in [4.69, 9.17) is 4.42 Å². The Morgan fingerprint density at radius 1 is 0.867 bits per heavy atom. The fourth-order valence-electron chi connectivity index (χ4n) is 4.38. The summed E-state index contributed by atoms with van der Waals surface area (Å²) < 4.78 is 10.1. The molecule has 0 N–H and O–H groups in total. The van der Waals surface area contributed by atoms with Gasteiger partial charge in [0.25, 0.3) is 5.01 Å². The Kier molecular flexibility index (Phi) is 3.96. The van der Waals surface area contributed by atoms with Gasteiger partial charge >= 0.3 is 0 Å². The van der Waals surface area contributed by atoms with E-state index in [2.05, 4.69) is 90.4 Å². The zero-order valence-electron chi connectivity index (χ0n) is 16.6. The lowest BCUT2D eigenvalue weighted by Crippen LogP contribution is -2.33. The average molecular weight is 407 g/mol. The first-order chi connectivity index (χ1) is 14.8. The third-order valence-electron chi connectivity index (χ3n) is 5.77. The number of fused-ring (bicyclic) bond motifs is 5. The Balaban J connectivity index is 1.60. The van der Waals surface area contributed by atoms with Crippen LogP contribution < -0.4 is 4.57 Å². The van der Waals surface area contributed by atoms with Gasteiger partial charge in [0.05, 0.1) is 0 Å². The third kappa shape index (κ3) is 2.59. The van der Waals surface area contributed by atoms with Gasteiger partial charge in [0.1, 0.15) is 22.6 Å². The van der Waals surface area contributed by atoms with Crippen molar-refractivity contribution in [2.24, 2.45) is 0 Å². The molecule has 3 aromatic carbocycles. The third-order valence-corrected chi connectivity index (χ3v) is 6.90. The van der Waals surface area contributed by atoms with Crippen molar-refractivity contribution in [3.05, 3.63) is 89.4 Å². The van der Waals surface area contributed by atoms with Crippen LogP contribution in [0.3, 0.4) is 0 Å². The molecule has 0 radical (unpaired) electrons. The molecular weight excluding hydrogens is 386 g/mol. The van der Waals surface area contributed by atoms with Crippen LogP contribution in [0.15, 0.2) is 83.3 Å². The summed E-state index contributed by atoms with van der Waals surface area (Å²) in [5, 5.41) is 4.84. The minimum Gasteiger partial charge on any atom is -0.455 e. The maximum Gasteiger partial charge on any atom is 0.262 e. The number of para-hydroxylation sites is 2. The van der Waals surface area contributed by atoms with Crippen molar-refractivity contribution < 1.29 is 8.98 Å². The molecule has 0 amide bonds. The SMILES string of the molecule is CC[n+]1c(/C=C/c2c3oc4ccccc4cc-3c3ccccc23)sc2ccccc21. The second-order valence-corrected chi connectivity index (χ2v) is 8.53. The molecule has 0 bridgehead atoms. The summed E-state index contributed by atoms with van der Waals surface area (Å²) in [6, 6.07) is 27.7. The Bertz CT molecular complexity index is 1540. The minimum atomic E-state index is 0.917. The van der Waals surface area contributed by atoms with Crippen molar-refractivity contribution in [3.8, 4) is 11.3 Å². The molecule has 0 unspecified atom stereocenters. The number of benzene rings is 3. The van der Waals surface area contributed by atoms with Gasteiger partial charge in [-0.25, -0.2) is 0 Å². The highest BCUT2D eigenvalue weighted by molar-refractivity contribution is 7.18. The largest absolute Gasteiger partial charge is 0.455 e. The predicted octanol–water partition coefficient (Wildman–Crippen LogP) is 7.38. The van der Waals surface area contributed by atoms with E-state index in [0.29, 0.717) is 0 Å². The second kappa shape index (κ2) is 6.82. The molecule has 30 heavy (non-hydrogen) atoms. The number of thiazole rings is 1. The molecule has 2 heterocycles. The zero-order chi connectivity index (χ0) is 20.1. The Hall–Kier alpha value is -3.43. The van der Waals surface area contributed by atoms with Gasteiger partial charge in [-0.1, -0.05) is 65.9 Å². The lowest BCUT2D eigenvalue weighted by atomic mass is 10.1.